The van der Waals surface area contributed by atoms with E-state index in [4.69, 9.17) is 4.98 Å². The van der Waals surface area contributed by atoms with Crippen molar-refractivity contribution in [2.24, 2.45) is 0 Å². The molecule has 1 aromatic heterocycles. The Hall–Kier alpha value is -0.450. The number of nitrogens with one attached hydrogen (secondary N) is 1. The summed E-state index contributed by atoms with van der Waals surface area (Å²) >= 11 is 1.98. The topological polar surface area (TPSA) is 28.2 Å². The van der Waals surface area contributed by atoms with Crippen molar-refractivity contribution in [3.8, 4) is 0 Å². The number of piperazine rings is 1. The summed E-state index contributed by atoms with van der Waals surface area (Å²) in [6, 6.07) is 0.563. The van der Waals surface area contributed by atoms with E-state index < -0.39 is 0 Å². The maximum Gasteiger partial charge on any atom is 0.110 e. The summed E-state index contributed by atoms with van der Waals surface area (Å²) in [5.41, 5.74) is 1.40. The normalized spacial score (nSPS) is 22.6. The number of aryl methyl sites for hydroxylation is 2. The Morgan fingerprint density at radius 2 is 2.18 bits per heavy atom. The lowest BCUT2D eigenvalue weighted by molar-refractivity contribution is 0.169. The second kappa shape index (κ2) is 5.04. The van der Waals surface area contributed by atoms with E-state index in [1.54, 1.807) is 4.88 Å². The van der Waals surface area contributed by atoms with Gasteiger partial charge in [0.1, 0.15) is 5.01 Å². The van der Waals surface area contributed by atoms with Crippen molar-refractivity contribution in [3.05, 3.63) is 15.6 Å². The average molecular weight is 251 g/mol. The lowest BCUT2D eigenvalue weighted by Crippen LogP contribution is -2.45. The van der Waals surface area contributed by atoms with E-state index >= 15 is 0 Å². The van der Waals surface area contributed by atoms with Crippen LogP contribution in [0, 0.1) is 0 Å². The monoisotopic (exact) mass is 251 g/mol. The van der Waals surface area contributed by atoms with Gasteiger partial charge in [-0.15, -0.1) is 11.3 Å². The molecule has 17 heavy (non-hydrogen) atoms. The highest BCUT2D eigenvalue weighted by Gasteiger charge is 2.26. The van der Waals surface area contributed by atoms with Crippen LogP contribution < -0.4 is 5.32 Å². The molecular weight excluding hydrogens is 230 g/mol. The van der Waals surface area contributed by atoms with Crippen LogP contribution in [0.1, 0.15) is 41.4 Å². The van der Waals surface area contributed by atoms with E-state index in [1.807, 2.05) is 11.3 Å². The number of aromatic nitrogens is 1. The minimum atomic E-state index is 0.563. The van der Waals surface area contributed by atoms with Crippen molar-refractivity contribution in [3.63, 3.8) is 0 Å². The third kappa shape index (κ3) is 2.26. The second-order valence-corrected chi connectivity index (χ2v) is 6.10. The molecule has 3 rings (SSSR count). The molecule has 1 aromatic rings. The van der Waals surface area contributed by atoms with Gasteiger partial charge in [0.05, 0.1) is 11.7 Å². The molecule has 1 aliphatic carbocycles. The lowest BCUT2D eigenvalue weighted by atomic mass is 10.2. The zero-order valence-electron chi connectivity index (χ0n) is 10.5. The molecule has 0 bridgehead atoms. The first kappa shape index (κ1) is 11.6. The van der Waals surface area contributed by atoms with Gasteiger partial charge in [-0.05, 0) is 25.7 Å². The Morgan fingerprint density at radius 3 is 2.88 bits per heavy atom. The Bertz CT molecular complexity index is 361. The smallest absolute Gasteiger partial charge is 0.110 e. The number of thiazole rings is 1. The van der Waals surface area contributed by atoms with Gasteiger partial charge in [0.2, 0.25) is 0 Å². The van der Waals surface area contributed by atoms with E-state index in [-0.39, 0.29) is 0 Å². The van der Waals surface area contributed by atoms with Gasteiger partial charge in [-0.3, -0.25) is 4.90 Å². The van der Waals surface area contributed by atoms with E-state index in [0.717, 1.165) is 13.1 Å². The number of rotatable bonds is 3. The van der Waals surface area contributed by atoms with Crippen LogP contribution in [0.25, 0.3) is 0 Å². The fourth-order valence-electron chi connectivity index (χ4n) is 2.94. The highest BCUT2D eigenvalue weighted by molar-refractivity contribution is 7.11. The minimum absolute atomic E-state index is 0.563. The van der Waals surface area contributed by atoms with Gasteiger partial charge >= 0.3 is 0 Å². The first-order chi connectivity index (χ1) is 8.38. The number of hydrogen-bond acceptors (Lipinski definition) is 4. The van der Waals surface area contributed by atoms with Crippen molar-refractivity contribution < 1.29 is 0 Å². The predicted molar refractivity (Wildman–Crippen MR) is 71.6 cm³/mol. The van der Waals surface area contributed by atoms with Crippen LogP contribution in [-0.4, -0.2) is 36.1 Å². The lowest BCUT2D eigenvalue weighted by Gasteiger charge is -2.33. The molecule has 0 amide bonds. The van der Waals surface area contributed by atoms with Gasteiger partial charge in [-0.25, -0.2) is 4.98 Å². The van der Waals surface area contributed by atoms with Crippen LogP contribution in [0.5, 0.6) is 0 Å². The summed E-state index contributed by atoms with van der Waals surface area (Å²) in [5.74, 6) is 0. The van der Waals surface area contributed by atoms with Crippen LogP contribution in [0.15, 0.2) is 0 Å². The molecule has 4 heteroatoms. The maximum atomic E-state index is 4.89. The number of hydrogen-bond donors (Lipinski definition) is 1. The molecule has 0 spiro atoms. The minimum Gasteiger partial charge on any atom is -0.314 e. The highest BCUT2D eigenvalue weighted by Crippen LogP contribution is 2.34. The van der Waals surface area contributed by atoms with Crippen molar-refractivity contribution in [1.29, 1.82) is 0 Å². The Balaban J connectivity index is 1.78. The van der Waals surface area contributed by atoms with Gasteiger partial charge in [0.25, 0.3) is 0 Å². The molecule has 1 unspecified atom stereocenters. The fourth-order valence-corrected chi connectivity index (χ4v) is 4.31. The summed E-state index contributed by atoms with van der Waals surface area (Å²) < 4.78 is 0. The molecule has 2 heterocycles. The summed E-state index contributed by atoms with van der Waals surface area (Å²) in [6.45, 7) is 6.88. The molecule has 1 aliphatic heterocycles. The molecule has 2 aliphatic rings. The van der Waals surface area contributed by atoms with E-state index in [1.165, 1.54) is 49.5 Å². The molecule has 0 saturated carbocycles. The standard InChI is InChI=1S/C13H21N3S/c1-2-11(16-8-6-14-7-9-16)13-15-10-4-3-5-12(10)17-13/h11,14H,2-9H2,1H3. The maximum absolute atomic E-state index is 4.89. The predicted octanol–water partition coefficient (Wildman–Crippen LogP) is 1.99. The van der Waals surface area contributed by atoms with Crippen molar-refractivity contribution in [2.75, 3.05) is 26.2 Å². The largest absolute Gasteiger partial charge is 0.314 e. The fraction of sp³-hybridized carbons (Fsp3) is 0.769. The molecule has 3 nitrogen and oxygen atoms in total. The summed E-state index contributed by atoms with van der Waals surface area (Å²) in [5, 5.41) is 4.80. The van der Waals surface area contributed by atoms with Crippen molar-refractivity contribution in [1.82, 2.24) is 15.2 Å². The molecule has 1 fully saturated rings. The zero-order valence-corrected chi connectivity index (χ0v) is 11.4. The molecule has 94 valence electrons. The first-order valence-corrected chi connectivity index (χ1v) is 7.63. The first-order valence-electron chi connectivity index (χ1n) is 6.81. The van der Waals surface area contributed by atoms with Gasteiger partial charge in [0, 0.05) is 31.1 Å². The number of nitrogens with zero attached hydrogens (tertiary/aromatic N) is 2. The molecule has 1 saturated heterocycles. The molecule has 1 N–H and O–H groups in total. The van der Waals surface area contributed by atoms with Gasteiger partial charge in [-0.2, -0.15) is 0 Å². The molecular formula is C13H21N3S. The van der Waals surface area contributed by atoms with Crippen molar-refractivity contribution >= 4 is 11.3 Å². The van der Waals surface area contributed by atoms with Crippen LogP contribution in [0.2, 0.25) is 0 Å². The van der Waals surface area contributed by atoms with Crippen LogP contribution >= 0.6 is 11.3 Å². The third-order valence-corrected chi connectivity index (χ3v) is 5.13. The van der Waals surface area contributed by atoms with Crippen LogP contribution in [-0.2, 0) is 12.8 Å². The Kier molecular flexibility index (Phi) is 3.45. The molecule has 0 radical (unpaired) electrons. The van der Waals surface area contributed by atoms with E-state index in [2.05, 4.69) is 17.1 Å². The van der Waals surface area contributed by atoms with Crippen molar-refractivity contribution in [2.45, 2.75) is 38.6 Å². The van der Waals surface area contributed by atoms with E-state index in [0.29, 0.717) is 6.04 Å². The Labute approximate surface area is 107 Å². The quantitative estimate of drug-likeness (QED) is 0.890. The average Bonchev–Trinajstić information content (AvgIpc) is 2.92. The summed E-state index contributed by atoms with van der Waals surface area (Å²) in [4.78, 5) is 9.06. The number of fused-ring (bicyclic) bond motifs is 1. The van der Waals surface area contributed by atoms with Crippen LogP contribution in [0.4, 0.5) is 0 Å². The van der Waals surface area contributed by atoms with Gasteiger partial charge < -0.3 is 5.32 Å². The third-order valence-electron chi connectivity index (χ3n) is 3.88. The van der Waals surface area contributed by atoms with Gasteiger partial charge in [0.15, 0.2) is 0 Å². The molecule has 0 aromatic carbocycles. The second-order valence-electron chi connectivity index (χ2n) is 4.99. The molecule has 1 atom stereocenters. The highest BCUT2D eigenvalue weighted by atomic mass is 32.1. The van der Waals surface area contributed by atoms with E-state index in [9.17, 15) is 0 Å². The summed E-state index contributed by atoms with van der Waals surface area (Å²) in [7, 11) is 0. The van der Waals surface area contributed by atoms with Gasteiger partial charge in [-0.1, -0.05) is 6.92 Å². The SMILES string of the molecule is CCC(c1nc2c(s1)CCC2)N1CCNCC1. The summed E-state index contributed by atoms with van der Waals surface area (Å²) in [6.07, 6.45) is 4.99. The Morgan fingerprint density at radius 1 is 1.35 bits per heavy atom. The van der Waals surface area contributed by atoms with Crippen LogP contribution in [0.3, 0.4) is 0 Å². The zero-order chi connectivity index (χ0) is 11.7.